The molecule has 4 heteroatoms. The molecule has 0 saturated carbocycles. The van der Waals surface area contributed by atoms with Crippen molar-refractivity contribution >= 4 is 10.0 Å². The fraction of sp³-hybridized carbons (Fsp3) is 0.273. The van der Waals surface area contributed by atoms with Crippen molar-refractivity contribution in [2.45, 2.75) is 20.3 Å². The average molecular weight is 225 g/mol. The van der Waals surface area contributed by atoms with Crippen LogP contribution in [-0.2, 0) is 10.0 Å². The van der Waals surface area contributed by atoms with Crippen molar-refractivity contribution < 1.29 is 8.42 Å². The Kier molecular flexibility index (Phi) is 3.66. The van der Waals surface area contributed by atoms with Gasteiger partial charge >= 0.3 is 0 Å². The van der Waals surface area contributed by atoms with Gasteiger partial charge in [-0.05, 0) is 25.5 Å². The fourth-order valence-corrected chi connectivity index (χ4v) is 2.04. The Morgan fingerprint density at radius 3 is 2.67 bits per heavy atom. The topological polar surface area (TPSA) is 60.2 Å². The van der Waals surface area contributed by atoms with Crippen LogP contribution in [0, 0.1) is 0 Å². The number of rotatable bonds is 1. The molecule has 0 aliphatic heterocycles. The van der Waals surface area contributed by atoms with E-state index in [1.807, 2.05) is 38.2 Å². The summed E-state index contributed by atoms with van der Waals surface area (Å²) in [6, 6.07) is 0. The molecule has 0 aromatic rings. The molecule has 0 bridgehead atoms. The Hall–Kier alpha value is -1.13. The van der Waals surface area contributed by atoms with Crippen LogP contribution in [0.5, 0.6) is 0 Å². The lowest BCUT2D eigenvalue weighted by atomic mass is 10.1. The number of primary sulfonamides is 1. The highest BCUT2D eigenvalue weighted by molar-refractivity contribution is 7.93. The lowest BCUT2D eigenvalue weighted by Crippen LogP contribution is -2.15. The maximum atomic E-state index is 11.3. The standard InChI is InChI=1S/C11H15NO2S/c1-3-10-6-4-5-9(2)7-11(8-10)15(12,13)14/h3-7H,8H2,1-2H3,(H2,12,13,14)/b6-4+,9-5+,10-3?,11-7+. The highest BCUT2D eigenvalue weighted by Gasteiger charge is 2.13. The summed E-state index contributed by atoms with van der Waals surface area (Å²) in [5.74, 6) is 0. The number of allylic oxidation sites excluding steroid dienone is 8. The van der Waals surface area contributed by atoms with Crippen LogP contribution in [-0.4, -0.2) is 8.42 Å². The maximum Gasteiger partial charge on any atom is 0.234 e. The minimum absolute atomic E-state index is 0.258. The third-order valence-electron chi connectivity index (χ3n) is 2.17. The van der Waals surface area contributed by atoms with E-state index < -0.39 is 10.0 Å². The fourth-order valence-electron chi connectivity index (χ4n) is 1.32. The molecular formula is C11H15NO2S. The molecule has 0 unspecified atom stereocenters. The minimum atomic E-state index is -3.60. The first kappa shape index (κ1) is 11.9. The van der Waals surface area contributed by atoms with Crippen LogP contribution in [0.4, 0.5) is 0 Å². The molecule has 0 aromatic heterocycles. The molecule has 0 atom stereocenters. The van der Waals surface area contributed by atoms with Crippen LogP contribution in [0.1, 0.15) is 20.3 Å². The van der Waals surface area contributed by atoms with Gasteiger partial charge in [0.05, 0.1) is 4.91 Å². The summed E-state index contributed by atoms with van der Waals surface area (Å²) in [4.78, 5) is 0.258. The first-order valence-corrected chi connectivity index (χ1v) is 6.21. The van der Waals surface area contributed by atoms with Gasteiger partial charge in [0.1, 0.15) is 0 Å². The summed E-state index contributed by atoms with van der Waals surface area (Å²) < 4.78 is 22.6. The van der Waals surface area contributed by atoms with Gasteiger partial charge < -0.3 is 0 Å². The first-order valence-electron chi connectivity index (χ1n) is 4.67. The van der Waals surface area contributed by atoms with E-state index in [4.69, 9.17) is 5.14 Å². The Morgan fingerprint density at radius 1 is 1.47 bits per heavy atom. The molecule has 1 aliphatic carbocycles. The highest BCUT2D eigenvalue weighted by Crippen LogP contribution is 2.20. The number of sulfonamides is 1. The van der Waals surface area contributed by atoms with Gasteiger partial charge in [0.15, 0.2) is 0 Å². The van der Waals surface area contributed by atoms with Gasteiger partial charge in [-0.15, -0.1) is 0 Å². The van der Waals surface area contributed by atoms with E-state index >= 15 is 0 Å². The van der Waals surface area contributed by atoms with E-state index in [1.54, 1.807) is 6.08 Å². The van der Waals surface area contributed by atoms with Crippen LogP contribution < -0.4 is 5.14 Å². The predicted octanol–water partition coefficient (Wildman–Crippen LogP) is 2.01. The van der Waals surface area contributed by atoms with Crippen LogP contribution >= 0.6 is 0 Å². The molecule has 0 aromatic carbocycles. The van der Waals surface area contributed by atoms with Crippen molar-refractivity contribution in [3.8, 4) is 0 Å². The molecule has 2 N–H and O–H groups in total. The molecular weight excluding hydrogens is 210 g/mol. The SMILES string of the molecule is CC=C1/C=C/C=C(C)/C=C(/S(N)(=O)=O)C1. The molecule has 82 valence electrons. The van der Waals surface area contributed by atoms with Gasteiger partial charge in [-0.1, -0.05) is 29.9 Å². The van der Waals surface area contributed by atoms with E-state index in [1.165, 1.54) is 0 Å². The minimum Gasteiger partial charge on any atom is -0.225 e. The Bertz CT molecular complexity index is 465. The number of hydrogen-bond donors (Lipinski definition) is 1. The third-order valence-corrected chi connectivity index (χ3v) is 3.17. The predicted molar refractivity (Wildman–Crippen MR) is 62.5 cm³/mol. The zero-order chi connectivity index (χ0) is 11.5. The zero-order valence-corrected chi connectivity index (χ0v) is 9.71. The van der Waals surface area contributed by atoms with E-state index in [0.717, 1.165) is 11.1 Å². The molecule has 0 spiro atoms. The van der Waals surface area contributed by atoms with Crippen molar-refractivity contribution in [2.75, 3.05) is 0 Å². The summed E-state index contributed by atoms with van der Waals surface area (Å²) in [5.41, 5.74) is 1.82. The molecule has 0 radical (unpaired) electrons. The molecule has 1 aliphatic rings. The lowest BCUT2D eigenvalue weighted by molar-refractivity contribution is 0.602. The summed E-state index contributed by atoms with van der Waals surface area (Å²) in [6.07, 6.45) is 9.50. The van der Waals surface area contributed by atoms with E-state index in [9.17, 15) is 8.42 Å². The third kappa shape index (κ3) is 3.49. The quantitative estimate of drug-likeness (QED) is 0.742. The lowest BCUT2D eigenvalue weighted by Gasteiger charge is -2.08. The van der Waals surface area contributed by atoms with Crippen molar-refractivity contribution in [3.05, 3.63) is 46.4 Å². The second kappa shape index (κ2) is 4.59. The van der Waals surface area contributed by atoms with Crippen molar-refractivity contribution in [3.63, 3.8) is 0 Å². The second-order valence-corrected chi connectivity index (χ2v) is 5.08. The second-order valence-electron chi connectivity index (χ2n) is 3.47. The van der Waals surface area contributed by atoms with E-state index in [0.29, 0.717) is 6.42 Å². The molecule has 15 heavy (non-hydrogen) atoms. The number of hydrogen-bond acceptors (Lipinski definition) is 2. The van der Waals surface area contributed by atoms with Crippen molar-refractivity contribution in [1.29, 1.82) is 0 Å². The van der Waals surface area contributed by atoms with E-state index in [-0.39, 0.29) is 4.91 Å². The summed E-state index contributed by atoms with van der Waals surface area (Å²) in [7, 11) is -3.60. The van der Waals surface area contributed by atoms with Crippen LogP contribution in [0.25, 0.3) is 0 Å². The smallest absolute Gasteiger partial charge is 0.225 e. The number of nitrogens with two attached hydrogens (primary N) is 1. The summed E-state index contributed by atoms with van der Waals surface area (Å²) in [6.45, 7) is 3.72. The van der Waals surface area contributed by atoms with Crippen LogP contribution in [0.2, 0.25) is 0 Å². The summed E-state index contributed by atoms with van der Waals surface area (Å²) >= 11 is 0. The molecule has 0 fully saturated rings. The normalized spacial score (nSPS) is 29.7. The highest BCUT2D eigenvalue weighted by atomic mass is 32.2. The first-order chi connectivity index (χ1) is 6.93. The average Bonchev–Trinajstić information content (AvgIpc) is 2.08. The molecule has 0 saturated heterocycles. The molecule has 1 rings (SSSR count). The van der Waals surface area contributed by atoms with Gasteiger partial charge in [0.25, 0.3) is 0 Å². The largest absolute Gasteiger partial charge is 0.234 e. The van der Waals surface area contributed by atoms with Gasteiger partial charge in [-0.3, -0.25) is 0 Å². The van der Waals surface area contributed by atoms with Crippen molar-refractivity contribution in [1.82, 2.24) is 0 Å². The van der Waals surface area contributed by atoms with Crippen LogP contribution in [0.3, 0.4) is 0 Å². The van der Waals surface area contributed by atoms with Gasteiger partial charge in [-0.25, -0.2) is 13.6 Å². The van der Waals surface area contributed by atoms with E-state index in [2.05, 4.69) is 0 Å². The Balaban J connectivity index is 3.22. The van der Waals surface area contributed by atoms with Gasteiger partial charge in [-0.2, -0.15) is 0 Å². The molecule has 3 nitrogen and oxygen atoms in total. The molecule has 0 heterocycles. The van der Waals surface area contributed by atoms with Crippen molar-refractivity contribution in [2.24, 2.45) is 5.14 Å². The maximum absolute atomic E-state index is 11.3. The Morgan fingerprint density at radius 2 is 2.13 bits per heavy atom. The van der Waals surface area contributed by atoms with Crippen LogP contribution in [0.15, 0.2) is 46.4 Å². The zero-order valence-electron chi connectivity index (χ0n) is 8.90. The molecule has 0 amide bonds. The summed E-state index contributed by atoms with van der Waals surface area (Å²) in [5, 5.41) is 5.14. The monoisotopic (exact) mass is 225 g/mol. The van der Waals surface area contributed by atoms with Gasteiger partial charge in [0, 0.05) is 6.42 Å². The Labute approximate surface area is 90.7 Å². The van der Waals surface area contributed by atoms with Gasteiger partial charge in [0.2, 0.25) is 10.0 Å².